The number of aromatic nitrogens is 1. The average molecular weight is 312 g/mol. The minimum Gasteiger partial charge on any atom is -0.444 e. The summed E-state index contributed by atoms with van der Waals surface area (Å²) in [6.07, 6.45) is 2.44. The lowest BCUT2D eigenvalue weighted by Crippen LogP contribution is -2.38. The van der Waals surface area contributed by atoms with E-state index in [4.69, 9.17) is 4.74 Å². The summed E-state index contributed by atoms with van der Waals surface area (Å²) in [6, 6.07) is 11.6. The average Bonchev–Trinajstić information content (AvgIpc) is 2.52. The van der Waals surface area contributed by atoms with Gasteiger partial charge in [0.15, 0.2) is 5.78 Å². The van der Waals surface area contributed by atoms with E-state index in [1.54, 1.807) is 51.2 Å². The van der Waals surface area contributed by atoms with Gasteiger partial charge in [0, 0.05) is 18.0 Å². The van der Waals surface area contributed by atoms with Crippen molar-refractivity contribution in [1.82, 2.24) is 10.3 Å². The molecule has 0 fully saturated rings. The quantitative estimate of drug-likeness (QED) is 0.877. The number of rotatable bonds is 4. The number of hydrogen-bond acceptors (Lipinski definition) is 4. The van der Waals surface area contributed by atoms with Crippen LogP contribution in [-0.2, 0) is 4.74 Å². The predicted octanol–water partition coefficient (Wildman–Crippen LogP) is 3.53. The number of hydrogen-bond donors (Lipinski definition) is 1. The largest absolute Gasteiger partial charge is 0.444 e. The topological polar surface area (TPSA) is 68.3 Å². The van der Waals surface area contributed by atoms with E-state index in [9.17, 15) is 9.59 Å². The van der Waals surface area contributed by atoms with Crippen molar-refractivity contribution < 1.29 is 14.3 Å². The molecule has 1 aromatic carbocycles. The predicted molar refractivity (Wildman–Crippen MR) is 87.1 cm³/mol. The molecular formula is C18H20N2O3. The lowest BCUT2D eigenvalue weighted by Gasteiger charge is -2.23. The van der Waals surface area contributed by atoms with Gasteiger partial charge in [-0.05, 0) is 38.5 Å². The molecule has 0 bridgehead atoms. The van der Waals surface area contributed by atoms with Crippen molar-refractivity contribution in [3.8, 4) is 0 Å². The van der Waals surface area contributed by atoms with Gasteiger partial charge >= 0.3 is 6.09 Å². The molecule has 0 aliphatic heterocycles. The third-order valence-electron chi connectivity index (χ3n) is 3.00. The zero-order chi connectivity index (χ0) is 16.9. The normalized spacial score (nSPS) is 12.3. The number of carbonyl (C=O) groups excluding carboxylic acids is 2. The Balaban J connectivity index is 2.26. The summed E-state index contributed by atoms with van der Waals surface area (Å²) >= 11 is 0. The van der Waals surface area contributed by atoms with Crippen LogP contribution in [0.1, 0.15) is 42.7 Å². The van der Waals surface area contributed by atoms with Crippen LogP contribution in [0, 0.1) is 0 Å². The molecule has 0 aliphatic rings. The molecule has 0 saturated carbocycles. The van der Waals surface area contributed by atoms with Crippen molar-refractivity contribution in [2.45, 2.75) is 32.4 Å². The van der Waals surface area contributed by atoms with Gasteiger partial charge in [-0.2, -0.15) is 0 Å². The summed E-state index contributed by atoms with van der Waals surface area (Å²) in [6.45, 7) is 5.31. The van der Waals surface area contributed by atoms with E-state index >= 15 is 0 Å². The zero-order valence-electron chi connectivity index (χ0n) is 13.4. The van der Waals surface area contributed by atoms with Gasteiger partial charge in [-0.1, -0.05) is 30.3 Å². The Bertz CT molecular complexity index is 664. The molecule has 5 heteroatoms. The van der Waals surface area contributed by atoms with Crippen LogP contribution in [0.4, 0.5) is 4.79 Å². The Morgan fingerprint density at radius 1 is 1.09 bits per heavy atom. The van der Waals surface area contributed by atoms with Crippen LogP contribution in [0.2, 0.25) is 0 Å². The van der Waals surface area contributed by atoms with Crippen LogP contribution in [0.5, 0.6) is 0 Å². The maximum atomic E-state index is 12.7. The molecule has 1 N–H and O–H groups in total. The third kappa shape index (κ3) is 4.92. The Kier molecular flexibility index (Phi) is 5.11. The number of alkyl carbamates (subject to hydrolysis) is 1. The Morgan fingerprint density at radius 3 is 2.35 bits per heavy atom. The second-order valence-electron chi connectivity index (χ2n) is 6.10. The van der Waals surface area contributed by atoms with E-state index in [1.165, 1.54) is 6.20 Å². The molecule has 2 aromatic rings. The van der Waals surface area contributed by atoms with Crippen LogP contribution < -0.4 is 5.32 Å². The van der Waals surface area contributed by atoms with Gasteiger partial charge in [-0.3, -0.25) is 9.78 Å². The van der Waals surface area contributed by atoms with E-state index in [0.717, 1.165) is 0 Å². The monoisotopic (exact) mass is 312 g/mol. The zero-order valence-corrected chi connectivity index (χ0v) is 13.4. The van der Waals surface area contributed by atoms with E-state index in [-0.39, 0.29) is 5.78 Å². The van der Waals surface area contributed by atoms with Crippen molar-refractivity contribution in [1.29, 1.82) is 0 Å². The van der Waals surface area contributed by atoms with Crippen molar-refractivity contribution >= 4 is 11.9 Å². The number of benzene rings is 1. The number of ether oxygens (including phenoxy) is 1. The highest BCUT2D eigenvalue weighted by Crippen LogP contribution is 2.19. The first-order valence-corrected chi connectivity index (χ1v) is 7.35. The molecule has 5 nitrogen and oxygen atoms in total. The minimum atomic E-state index is -0.824. The van der Waals surface area contributed by atoms with Crippen molar-refractivity contribution in [2.75, 3.05) is 0 Å². The van der Waals surface area contributed by atoms with E-state index in [2.05, 4.69) is 10.3 Å². The van der Waals surface area contributed by atoms with Gasteiger partial charge in [0.1, 0.15) is 11.6 Å². The fourth-order valence-electron chi connectivity index (χ4n) is 2.05. The van der Waals surface area contributed by atoms with Crippen LogP contribution in [-0.4, -0.2) is 22.5 Å². The summed E-state index contributed by atoms with van der Waals surface area (Å²) in [5, 5.41) is 2.65. The lowest BCUT2D eigenvalue weighted by atomic mass is 9.98. The van der Waals surface area contributed by atoms with Crippen LogP contribution in [0.25, 0.3) is 0 Å². The molecule has 0 radical (unpaired) electrons. The number of ketones is 1. The molecule has 0 aliphatic carbocycles. The highest BCUT2D eigenvalue weighted by Gasteiger charge is 2.26. The number of nitrogens with one attached hydrogen (secondary N) is 1. The van der Waals surface area contributed by atoms with Crippen LogP contribution >= 0.6 is 0 Å². The summed E-state index contributed by atoms with van der Waals surface area (Å²) in [4.78, 5) is 28.8. The number of Topliss-reactive ketones (excluding diaryl/α,β-unsaturated/α-hetero) is 1. The van der Waals surface area contributed by atoms with Gasteiger partial charge in [0.2, 0.25) is 0 Å². The first-order chi connectivity index (χ1) is 10.9. The fraction of sp³-hybridized carbons (Fsp3) is 0.278. The Hall–Kier alpha value is -2.69. The van der Waals surface area contributed by atoms with Crippen LogP contribution in [0.3, 0.4) is 0 Å². The molecule has 2 rings (SSSR count). The maximum Gasteiger partial charge on any atom is 0.408 e. The molecule has 23 heavy (non-hydrogen) atoms. The van der Waals surface area contributed by atoms with E-state index in [0.29, 0.717) is 11.1 Å². The first-order valence-electron chi connectivity index (χ1n) is 7.35. The first kappa shape index (κ1) is 16.7. The lowest BCUT2D eigenvalue weighted by molar-refractivity contribution is 0.0490. The van der Waals surface area contributed by atoms with Crippen LogP contribution in [0.15, 0.2) is 54.9 Å². The summed E-state index contributed by atoms with van der Waals surface area (Å²) in [5.74, 6) is -0.241. The SMILES string of the molecule is CC(C)(C)OC(=O)NC(C(=O)c1cccnc1)c1ccccc1. The van der Waals surface area contributed by atoms with E-state index in [1.807, 2.05) is 18.2 Å². The minimum absolute atomic E-state index is 0.241. The highest BCUT2D eigenvalue weighted by molar-refractivity contribution is 6.01. The maximum absolute atomic E-state index is 12.7. The molecule has 1 aromatic heterocycles. The molecule has 0 saturated heterocycles. The summed E-state index contributed by atoms with van der Waals surface area (Å²) in [5.41, 5.74) is 0.479. The smallest absolute Gasteiger partial charge is 0.408 e. The van der Waals surface area contributed by atoms with Gasteiger partial charge in [-0.25, -0.2) is 4.79 Å². The fourth-order valence-corrected chi connectivity index (χ4v) is 2.05. The standard InChI is InChI=1S/C18H20N2O3/c1-18(2,3)23-17(22)20-15(13-8-5-4-6-9-13)16(21)14-10-7-11-19-12-14/h4-12,15H,1-3H3,(H,20,22). The molecule has 1 heterocycles. The second-order valence-corrected chi connectivity index (χ2v) is 6.10. The molecule has 1 atom stereocenters. The van der Waals surface area contributed by atoms with Crippen molar-refractivity contribution in [2.24, 2.45) is 0 Å². The van der Waals surface area contributed by atoms with Gasteiger partial charge < -0.3 is 10.1 Å². The highest BCUT2D eigenvalue weighted by atomic mass is 16.6. The molecule has 0 spiro atoms. The number of pyridine rings is 1. The number of carbonyl (C=O) groups is 2. The molecule has 120 valence electrons. The summed E-state index contributed by atoms with van der Waals surface area (Å²) in [7, 11) is 0. The Labute approximate surface area is 135 Å². The number of amides is 1. The molecular weight excluding hydrogens is 292 g/mol. The van der Waals surface area contributed by atoms with Crippen molar-refractivity contribution in [3.63, 3.8) is 0 Å². The Morgan fingerprint density at radius 2 is 1.78 bits per heavy atom. The summed E-state index contributed by atoms with van der Waals surface area (Å²) < 4.78 is 5.26. The third-order valence-corrected chi connectivity index (χ3v) is 3.00. The molecule has 1 amide bonds. The second kappa shape index (κ2) is 7.05. The van der Waals surface area contributed by atoms with Gasteiger partial charge in [-0.15, -0.1) is 0 Å². The van der Waals surface area contributed by atoms with E-state index < -0.39 is 17.7 Å². The van der Waals surface area contributed by atoms with Gasteiger partial charge in [0.05, 0.1) is 0 Å². The molecule has 1 unspecified atom stereocenters. The number of nitrogens with zero attached hydrogens (tertiary/aromatic N) is 1. The van der Waals surface area contributed by atoms with Crippen molar-refractivity contribution in [3.05, 3.63) is 66.0 Å². The van der Waals surface area contributed by atoms with Gasteiger partial charge in [0.25, 0.3) is 0 Å².